The third-order valence-corrected chi connectivity index (χ3v) is 2.97. The van der Waals surface area contributed by atoms with Crippen LogP contribution >= 0.6 is 0 Å². The maximum Gasteiger partial charge on any atom is 0.124 e. The fraction of sp³-hybridized carbons (Fsp3) is 0. The molecule has 2 nitrogen and oxygen atoms in total. The molecular formula is C16H13NO. The van der Waals surface area contributed by atoms with Crippen molar-refractivity contribution in [2.75, 3.05) is 0 Å². The number of hydrogen-bond donors (Lipinski definition) is 2. The lowest BCUT2D eigenvalue weighted by Gasteiger charge is -2.01. The quantitative estimate of drug-likeness (QED) is 0.690. The van der Waals surface area contributed by atoms with E-state index < -0.39 is 0 Å². The Labute approximate surface area is 106 Å². The largest absolute Gasteiger partial charge is 0.507 e. The fourth-order valence-corrected chi connectivity index (χ4v) is 2.04. The Hall–Kier alpha value is -2.48. The first-order valence-electron chi connectivity index (χ1n) is 5.87. The molecule has 3 rings (SSSR count). The van der Waals surface area contributed by atoms with Crippen LogP contribution in [0.25, 0.3) is 22.5 Å². The molecule has 0 fully saturated rings. The summed E-state index contributed by atoms with van der Waals surface area (Å²) in [5, 5.41) is 9.82. The van der Waals surface area contributed by atoms with Crippen molar-refractivity contribution >= 4 is 0 Å². The van der Waals surface area contributed by atoms with Crippen molar-refractivity contribution in [1.82, 2.24) is 4.98 Å². The predicted molar refractivity (Wildman–Crippen MR) is 73.3 cm³/mol. The van der Waals surface area contributed by atoms with Crippen LogP contribution in [0.4, 0.5) is 0 Å². The first-order chi connectivity index (χ1) is 8.84. The van der Waals surface area contributed by atoms with E-state index in [0.717, 1.165) is 22.5 Å². The van der Waals surface area contributed by atoms with Crippen molar-refractivity contribution < 1.29 is 5.11 Å². The molecule has 0 aliphatic rings. The normalized spacial score (nSPS) is 10.4. The molecule has 0 atom stereocenters. The molecule has 0 amide bonds. The summed E-state index contributed by atoms with van der Waals surface area (Å²) < 4.78 is 0. The zero-order valence-corrected chi connectivity index (χ0v) is 9.80. The van der Waals surface area contributed by atoms with E-state index in [9.17, 15) is 5.11 Å². The van der Waals surface area contributed by atoms with Crippen LogP contribution in [-0.2, 0) is 0 Å². The molecule has 0 aliphatic heterocycles. The van der Waals surface area contributed by atoms with E-state index in [0.29, 0.717) is 5.75 Å². The van der Waals surface area contributed by atoms with E-state index in [-0.39, 0.29) is 0 Å². The lowest BCUT2D eigenvalue weighted by Crippen LogP contribution is -1.80. The highest BCUT2D eigenvalue weighted by molar-refractivity contribution is 5.71. The zero-order valence-electron chi connectivity index (χ0n) is 9.80. The van der Waals surface area contributed by atoms with E-state index in [4.69, 9.17) is 0 Å². The van der Waals surface area contributed by atoms with Crippen LogP contribution in [-0.4, -0.2) is 10.1 Å². The summed E-state index contributed by atoms with van der Waals surface area (Å²) in [4.78, 5) is 3.33. The highest BCUT2D eigenvalue weighted by Crippen LogP contribution is 2.30. The number of phenolic OH excluding ortho intramolecular Hbond substituents is 1. The molecule has 0 saturated carbocycles. The Morgan fingerprint density at radius 1 is 0.667 bits per heavy atom. The second-order valence-electron chi connectivity index (χ2n) is 4.17. The predicted octanol–water partition coefficient (Wildman–Crippen LogP) is 4.05. The van der Waals surface area contributed by atoms with Gasteiger partial charge in [0.2, 0.25) is 0 Å². The molecule has 18 heavy (non-hydrogen) atoms. The van der Waals surface area contributed by atoms with Gasteiger partial charge in [0.15, 0.2) is 0 Å². The Kier molecular flexibility index (Phi) is 2.61. The number of hydrogen-bond acceptors (Lipinski definition) is 1. The minimum Gasteiger partial charge on any atom is -0.507 e. The monoisotopic (exact) mass is 235 g/mol. The van der Waals surface area contributed by atoms with Crippen molar-refractivity contribution in [3.8, 4) is 28.3 Å². The highest BCUT2D eigenvalue weighted by Gasteiger charge is 2.06. The van der Waals surface area contributed by atoms with Gasteiger partial charge in [-0.3, -0.25) is 0 Å². The molecule has 1 aromatic heterocycles. The topological polar surface area (TPSA) is 36.0 Å². The summed E-state index contributed by atoms with van der Waals surface area (Å²) in [6.45, 7) is 0. The molecule has 0 aliphatic carbocycles. The summed E-state index contributed by atoms with van der Waals surface area (Å²) >= 11 is 0. The molecule has 1 heterocycles. The average molecular weight is 235 g/mol. The molecule has 2 heteroatoms. The number of aromatic hydroxyl groups is 1. The highest BCUT2D eigenvalue weighted by atomic mass is 16.3. The summed E-state index contributed by atoms with van der Waals surface area (Å²) in [5.41, 5.74) is 3.93. The van der Waals surface area contributed by atoms with Gasteiger partial charge in [-0.25, -0.2) is 0 Å². The molecule has 3 aromatic rings. The minimum atomic E-state index is 0.291. The van der Waals surface area contributed by atoms with Gasteiger partial charge in [-0.1, -0.05) is 42.5 Å². The molecule has 2 aromatic carbocycles. The van der Waals surface area contributed by atoms with Gasteiger partial charge in [-0.2, -0.15) is 0 Å². The van der Waals surface area contributed by atoms with Crippen LogP contribution in [0.2, 0.25) is 0 Å². The number of aromatic nitrogens is 1. The van der Waals surface area contributed by atoms with Crippen LogP contribution in [0.3, 0.4) is 0 Å². The summed E-state index contributed by atoms with van der Waals surface area (Å²) in [5.74, 6) is 0.291. The molecule has 0 spiro atoms. The average Bonchev–Trinajstić information content (AvgIpc) is 2.90. The van der Waals surface area contributed by atoms with Crippen molar-refractivity contribution in [2.24, 2.45) is 0 Å². The van der Waals surface area contributed by atoms with Gasteiger partial charge in [0.25, 0.3) is 0 Å². The summed E-state index contributed by atoms with van der Waals surface area (Å²) in [7, 11) is 0. The van der Waals surface area contributed by atoms with Crippen LogP contribution in [0, 0.1) is 0 Å². The van der Waals surface area contributed by atoms with E-state index in [1.54, 1.807) is 6.07 Å². The third-order valence-electron chi connectivity index (χ3n) is 2.97. The third kappa shape index (κ3) is 1.89. The second kappa shape index (κ2) is 4.41. The lowest BCUT2D eigenvalue weighted by molar-refractivity contribution is 0.477. The molecule has 0 radical (unpaired) electrons. The van der Waals surface area contributed by atoms with Gasteiger partial charge < -0.3 is 10.1 Å². The van der Waals surface area contributed by atoms with Gasteiger partial charge in [0.05, 0.1) is 0 Å². The van der Waals surface area contributed by atoms with E-state index in [1.807, 2.05) is 48.5 Å². The number of para-hydroxylation sites is 1. The van der Waals surface area contributed by atoms with Crippen molar-refractivity contribution in [1.29, 1.82) is 0 Å². The summed E-state index contributed by atoms with van der Waals surface area (Å²) in [6, 6.07) is 21.5. The number of benzene rings is 2. The maximum atomic E-state index is 9.82. The number of H-pyrrole nitrogens is 1. The van der Waals surface area contributed by atoms with Crippen LogP contribution in [0.15, 0.2) is 66.7 Å². The number of phenols is 1. The fourth-order valence-electron chi connectivity index (χ4n) is 2.04. The SMILES string of the molecule is Oc1ccccc1-c1ccc(-c2ccccc2)[nH]1. The maximum absolute atomic E-state index is 9.82. The second-order valence-corrected chi connectivity index (χ2v) is 4.17. The molecule has 2 N–H and O–H groups in total. The molecule has 0 unspecified atom stereocenters. The molecule has 0 bridgehead atoms. The Bertz CT molecular complexity index is 656. The molecular weight excluding hydrogens is 222 g/mol. The van der Waals surface area contributed by atoms with Gasteiger partial charge >= 0.3 is 0 Å². The van der Waals surface area contributed by atoms with Crippen molar-refractivity contribution in [3.05, 3.63) is 66.7 Å². The van der Waals surface area contributed by atoms with Gasteiger partial charge in [-0.05, 0) is 29.8 Å². The Morgan fingerprint density at radius 3 is 2.11 bits per heavy atom. The minimum absolute atomic E-state index is 0.291. The number of rotatable bonds is 2. The number of nitrogens with one attached hydrogen (secondary N) is 1. The van der Waals surface area contributed by atoms with Crippen molar-refractivity contribution in [3.63, 3.8) is 0 Å². The smallest absolute Gasteiger partial charge is 0.124 e. The van der Waals surface area contributed by atoms with Crippen LogP contribution in [0.5, 0.6) is 5.75 Å². The number of aromatic amines is 1. The van der Waals surface area contributed by atoms with Crippen LogP contribution in [0.1, 0.15) is 0 Å². The standard InChI is InChI=1S/C16H13NO/c18-16-9-5-4-8-13(16)15-11-10-14(17-15)12-6-2-1-3-7-12/h1-11,17-18H. The van der Waals surface area contributed by atoms with Crippen molar-refractivity contribution in [2.45, 2.75) is 0 Å². The molecule has 88 valence electrons. The zero-order chi connectivity index (χ0) is 12.4. The van der Waals surface area contributed by atoms with Gasteiger partial charge in [0, 0.05) is 17.0 Å². The van der Waals surface area contributed by atoms with Gasteiger partial charge in [0.1, 0.15) is 5.75 Å². The van der Waals surface area contributed by atoms with E-state index in [1.165, 1.54) is 0 Å². The first kappa shape index (κ1) is 10.7. The van der Waals surface area contributed by atoms with Gasteiger partial charge in [-0.15, -0.1) is 0 Å². The van der Waals surface area contributed by atoms with Crippen LogP contribution < -0.4 is 0 Å². The van der Waals surface area contributed by atoms with E-state index in [2.05, 4.69) is 17.1 Å². The van der Waals surface area contributed by atoms with E-state index >= 15 is 0 Å². The summed E-state index contributed by atoms with van der Waals surface area (Å²) in [6.07, 6.45) is 0. The Morgan fingerprint density at radius 2 is 1.33 bits per heavy atom. The first-order valence-corrected chi connectivity index (χ1v) is 5.87. The lowest BCUT2D eigenvalue weighted by atomic mass is 10.1. The Balaban J connectivity index is 2.03. The molecule has 0 saturated heterocycles.